The van der Waals surface area contributed by atoms with Gasteiger partial charge in [0.1, 0.15) is 17.3 Å². The molecule has 5 rings (SSSR count). The number of allylic oxidation sites excluding steroid dienone is 4. The van der Waals surface area contributed by atoms with Crippen LogP contribution < -0.4 is 4.74 Å². The lowest BCUT2D eigenvalue weighted by molar-refractivity contribution is -0.120. The predicted octanol–water partition coefficient (Wildman–Crippen LogP) is 6.15. The number of ether oxygens (including phenoxy) is 2. The summed E-state index contributed by atoms with van der Waals surface area (Å²) in [5.41, 5.74) is 2.92. The molecule has 0 atom stereocenters. The van der Waals surface area contributed by atoms with Crippen LogP contribution in [0.5, 0.6) is 5.75 Å². The average molecular weight is 540 g/mol. The molecule has 0 saturated carbocycles. The number of benzene rings is 1. The van der Waals surface area contributed by atoms with Gasteiger partial charge in [-0.15, -0.1) is 6.42 Å². The van der Waals surface area contributed by atoms with Crippen LogP contribution in [-0.2, 0) is 14.3 Å². The van der Waals surface area contributed by atoms with Gasteiger partial charge >= 0.3 is 5.97 Å². The zero-order chi connectivity index (χ0) is 29.1. The van der Waals surface area contributed by atoms with Crippen molar-refractivity contribution in [2.24, 2.45) is 10.8 Å². The third-order valence-corrected chi connectivity index (χ3v) is 8.09. The first-order valence-electron chi connectivity index (χ1n) is 13.4. The fraction of sp³-hybridized carbons (Fsp3) is 0.394. The maximum Gasteiger partial charge on any atom is 0.355 e. The average Bonchev–Trinajstić information content (AvgIpc) is 2.85. The number of aromatic nitrogens is 1. The van der Waals surface area contributed by atoms with E-state index in [1.807, 2.05) is 40.7 Å². The number of terminal acetylenes is 1. The molecule has 1 aromatic carbocycles. The summed E-state index contributed by atoms with van der Waals surface area (Å²) in [4.78, 5) is 43.8. The number of carboxylic acid groups (broad SMARTS) is 1. The Hall–Kier alpha value is -4.18. The monoisotopic (exact) mass is 539 g/mol. The Morgan fingerprint density at radius 1 is 1.00 bits per heavy atom. The van der Waals surface area contributed by atoms with Crippen LogP contribution in [0, 0.1) is 30.1 Å². The van der Waals surface area contributed by atoms with Gasteiger partial charge in [0.25, 0.3) is 0 Å². The summed E-state index contributed by atoms with van der Waals surface area (Å²) < 4.78 is 12.3. The number of rotatable bonds is 4. The van der Waals surface area contributed by atoms with Crippen molar-refractivity contribution in [3.05, 3.63) is 69.3 Å². The van der Waals surface area contributed by atoms with Gasteiger partial charge in [-0.25, -0.2) is 9.78 Å². The summed E-state index contributed by atoms with van der Waals surface area (Å²) in [5.74, 6) is 2.16. The molecule has 1 N–H and O–H groups in total. The zero-order valence-electron chi connectivity index (χ0n) is 23.7. The minimum atomic E-state index is -1.22. The summed E-state index contributed by atoms with van der Waals surface area (Å²) in [6.45, 7) is 10.1. The van der Waals surface area contributed by atoms with Gasteiger partial charge in [-0.2, -0.15) is 0 Å². The molecular formula is C33H33NO6. The summed E-state index contributed by atoms with van der Waals surface area (Å²) >= 11 is 0. The van der Waals surface area contributed by atoms with Crippen molar-refractivity contribution in [1.29, 1.82) is 0 Å². The Bertz CT molecular complexity index is 1550. The molecule has 0 radical (unpaired) electrons. The molecule has 0 fully saturated rings. The molecule has 1 aromatic heterocycles. The van der Waals surface area contributed by atoms with Gasteiger partial charge in [0.15, 0.2) is 17.3 Å². The minimum absolute atomic E-state index is 0.0445. The van der Waals surface area contributed by atoms with Crippen molar-refractivity contribution < 1.29 is 29.0 Å². The van der Waals surface area contributed by atoms with Crippen LogP contribution in [-0.4, -0.2) is 34.7 Å². The van der Waals surface area contributed by atoms with Crippen LogP contribution in [0.15, 0.2) is 46.9 Å². The predicted molar refractivity (Wildman–Crippen MR) is 150 cm³/mol. The van der Waals surface area contributed by atoms with Crippen molar-refractivity contribution in [1.82, 2.24) is 4.98 Å². The Labute approximate surface area is 234 Å². The lowest BCUT2D eigenvalue weighted by Crippen LogP contribution is -2.38. The molecule has 40 heavy (non-hydrogen) atoms. The molecular weight excluding hydrogens is 506 g/mol. The molecule has 3 aliphatic rings. The Kier molecular flexibility index (Phi) is 6.49. The quantitative estimate of drug-likeness (QED) is 0.465. The highest BCUT2D eigenvalue weighted by atomic mass is 16.5. The molecule has 0 spiro atoms. The van der Waals surface area contributed by atoms with Crippen molar-refractivity contribution in [3.63, 3.8) is 0 Å². The second kappa shape index (κ2) is 9.48. The SMILES string of the molecule is C#Cc1ccc(-c2ccc(OC)c(C3C4=C(CC(C)(C)CC4=O)OC4=C3C(=O)CC(C)(C)C4)c2C)nc1C(=O)O. The third-order valence-electron chi connectivity index (χ3n) is 8.09. The van der Waals surface area contributed by atoms with E-state index in [1.165, 1.54) is 0 Å². The molecule has 7 heteroatoms. The summed E-state index contributed by atoms with van der Waals surface area (Å²) in [6, 6.07) is 6.83. The number of Topliss-reactive ketones (excluding diaryl/α,β-unsaturated/α-hetero) is 2. The second-order valence-electron chi connectivity index (χ2n) is 12.5. The van der Waals surface area contributed by atoms with E-state index < -0.39 is 11.9 Å². The summed E-state index contributed by atoms with van der Waals surface area (Å²) in [7, 11) is 1.56. The number of nitrogens with zero attached hydrogens (tertiary/aromatic N) is 1. The highest BCUT2D eigenvalue weighted by molar-refractivity contribution is 6.06. The molecule has 2 aromatic rings. The zero-order valence-corrected chi connectivity index (χ0v) is 23.7. The molecule has 2 aliphatic carbocycles. The number of aromatic carboxylic acids is 1. The van der Waals surface area contributed by atoms with Crippen LogP contribution in [0.1, 0.15) is 86.5 Å². The summed E-state index contributed by atoms with van der Waals surface area (Å²) in [5, 5.41) is 9.70. The molecule has 7 nitrogen and oxygen atoms in total. The molecule has 206 valence electrons. The van der Waals surface area contributed by atoms with E-state index in [2.05, 4.69) is 10.9 Å². The van der Waals surface area contributed by atoms with Crippen molar-refractivity contribution in [2.45, 2.75) is 66.2 Å². The Morgan fingerprint density at radius 2 is 1.57 bits per heavy atom. The fourth-order valence-corrected chi connectivity index (χ4v) is 6.37. The standard InChI is InChI=1S/C33H33NO6/c1-8-18-9-11-20(34-30(18)31(37)38)19-10-12-23(39-7)26(17(19)2)29-27-21(35)13-32(3,4)15-24(27)40-25-16-33(5,6)14-22(36)28(25)29/h1,9-12,29H,13-16H2,2-7H3,(H,37,38). The van der Waals surface area contributed by atoms with Crippen molar-refractivity contribution in [3.8, 4) is 29.4 Å². The molecule has 0 unspecified atom stereocenters. The van der Waals surface area contributed by atoms with E-state index in [0.29, 0.717) is 70.9 Å². The number of hydrogen-bond acceptors (Lipinski definition) is 6. The van der Waals surface area contributed by atoms with Gasteiger partial charge in [-0.3, -0.25) is 9.59 Å². The van der Waals surface area contributed by atoms with Gasteiger partial charge in [0, 0.05) is 48.0 Å². The fourth-order valence-electron chi connectivity index (χ4n) is 6.37. The third kappa shape index (κ3) is 4.52. The topological polar surface area (TPSA) is 103 Å². The van der Waals surface area contributed by atoms with Gasteiger partial charge in [-0.1, -0.05) is 33.6 Å². The number of pyridine rings is 1. The van der Waals surface area contributed by atoms with E-state index in [9.17, 15) is 19.5 Å². The summed E-state index contributed by atoms with van der Waals surface area (Å²) in [6.07, 6.45) is 7.33. The maximum atomic E-state index is 13.8. The minimum Gasteiger partial charge on any atom is -0.496 e. The van der Waals surface area contributed by atoms with Gasteiger partial charge in [0.05, 0.1) is 24.3 Å². The number of hydrogen-bond donors (Lipinski definition) is 1. The van der Waals surface area contributed by atoms with Crippen LogP contribution in [0.3, 0.4) is 0 Å². The number of carbonyl (C=O) groups excluding carboxylic acids is 2. The van der Waals surface area contributed by atoms with E-state index >= 15 is 0 Å². The van der Waals surface area contributed by atoms with E-state index in [4.69, 9.17) is 15.9 Å². The first-order valence-corrected chi connectivity index (χ1v) is 13.4. The van der Waals surface area contributed by atoms with Gasteiger partial charge in [0.2, 0.25) is 0 Å². The Balaban J connectivity index is 1.79. The molecule has 1 aliphatic heterocycles. The van der Waals surface area contributed by atoms with Crippen LogP contribution in [0.4, 0.5) is 0 Å². The van der Waals surface area contributed by atoms with Crippen LogP contribution in [0.25, 0.3) is 11.3 Å². The van der Waals surface area contributed by atoms with Crippen molar-refractivity contribution in [2.75, 3.05) is 7.11 Å². The van der Waals surface area contributed by atoms with Crippen LogP contribution >= 0.6 is 0 Å². The van der Waals surface area contributed by atoms with E-state index in [-0.39, 0.29) is 33.7 Å². The van der Waals surface area contributed by atoms with Crippen LogP contribution in [0.2, 0.25) is 0 Å². The highest BCUT2D eigenvalue weighted by Gasteiger charge is 2.49. The smallest absolute Gasteiger partial charge is 0.355 e. The lowest BCUT2D eigenvalue weighted by atomic mass is 9.65. The lowest BCUT2D eigenvalue weighted by Gasteiger charge is -2.43. The molecule has 0 bridgehead atoms. The maximum absolute atomic E-state index is 13.8. The van der Waals surface area contributed by atoms with Crippen molar-refractivity contribution >= 4 is 17.5 Å². The molecule has 0 saturated heterocycles. The van der Waals surface area contributed by atoms with Gasteiger partial charge < -0.3 is 14.6 Å². The largest absolute Gasteiger partial charge is 0.496 e. The van der Waals surface area contributed by atoms with E-state index in [0.717, 1.165) is 5.56 Å². The number of carboxylic acids is 1. The van der Waals surface area contributed by atoms with E-state index in [1.54, 1.807) is 25.3 Å². The second-order valence-corrected chi connectivity index (χ2v) is 12.5. The first kappa shape index (κ1) is 27.4. The molecule has 2 heterocycles. The van der Waals surface area contributed by atoms with Gasteiger partial charge in [-0.05, 0) is 47.6 Å². The first-order chi connectivity index (χ1) is 18.8. The Morgan fingerprint density at radius 3 is 2.08 bits per heavy atom. The number of methoxy groups -OCH3 is 1. The normalized spacial score (nSPS) is 19.9. The number of ketones is 2. The highest BCUT2D eigenvalue weighted by Crippen LogP contribution is 2.55. The molecule has 0 amide bonds. The number of carbonyl (C=O) groups is 3.